The van der Waals surface area contributed by atoms with Crippen LogP contribution < -0.4 is 9.47 Å². The first-order valence-corrected chi connectivity index (χ1v) is 12.9. The highest BCUT2D eigenvalue weighted by molar-refractivity contribution is 7.09. The highest BCUT2D eigenvalue weighted by Gasteiger charge is 2.27. The van der Waals surface area contributed by atoms with E-state index in [0.717, 1.165) is 36.1 Å². The largest absolute Gasteiger partial charge is 0.454 e. The summed E-state index contributed by atoms with van der Waals surface area (Å²) in [4.78, 5) is 31.5. The molecule has 8 heteroatoms. The number of ether oxygens (including phenoxy) is 3. The molecule has 3 rings (SSSR count). The first kappa shape index (κ1) is 26.0. The molecular formula is C26H36N2O5S. The molecule has 0 aliphatic carbocycles. The van der Waals surface area contributed by atoms with Crippen molar-refractivity contribution in [3.8, 4) is 11.5 Å². The van der Waals surface area contributed by atoms with Gasteiger partial charge in [-0.25, -0.2) is 0 Å². The maximum atomic E-state index is 13.6. The summed E-state index contributed by atoms with van der Waals surface area (Å²) in [7, 11) is 1.61. The van der Waals surface area contributed by atoms with Gasteiger partial charge in [0.1, 0.15) is 0 Å². The zero-order valence-corrected chi connectivity index (χ0v) is 21.3. The average Bonchev–Trinajstić information content (AvgIpc) is 3.53. The number of amides is 2. The van der Waals surface area contributed by atoms with Gasteiger partial charge in [0.25, 0.3) is 0 Å². The van der Waals surface area contributed by atoms with Crippen LogP contribution in [0.25, 0.3) is 0 Å². The summed E-state index contributed by atoms with van der Waals surface area (Å²) in [5.74, 6) is 1.30. The molecule has 1 aliphatic rings. The molecule has 0 fully saturated rings. The minimum absolute atomic E-state index is 0.0421. The van der Waals surface area contributed by atoms with Crippen LogP contribution in [-0.4, -0.2) is 55.2 Å². The summed E-state index contributed by atoms with van der Waals surface area (Å²) in [6.07, 6.45) is 3.67. The molecule has 34 heavy (non-hydrogen) atoms. The molecule has 0 bridgehead atoms. The molecule has 1 atom stereocenters. The lowest BCUT2D eigenvalue weighted by molar-refractivity contribution is -0.144. The topological polar surface area (TPSA) is 68.3 Å². The Morgan fingerprint density at radius 1 is 1.12 bits per heavy atom. The third kappa shape index (κ3) is 7.21. The number of hydrogen-bond donors (Lipinski definition) is 0. The highest BCUT2D eigenvalue weighted by Crippen LogP contribution is 2.33. The molecule has 0 unspecified atom stereocenters. The van der Waals surface area contributed by atoms with E-state index in [2.05, 4.69) is 6.92 Å². The summed E-state index contributed by atoms with van der Waals surface area (Å²) in [5, 5.41) is 2.01. The van der Waals surface area contributed by atoms with E-state index in [4.69, 9.17) is 14.2 Å². The van der Waals surface area contributed by atoms with Crippen molar-refractivity contribution < 1.29 is 23.8 Å². The van der Waals surface area contributed by atoms with Crippen molar-refractivity contribution in [3.63, 3.8) is 0 Å². The van der Waals surface area contributed by atoms with Gasteiger partial charge in [-0.15, -0.1) is 11.3 Å². The van der Waals surface area contributed by atoms with Crippen molar-refractivity contribution >= 4 is 23.2 Å². The Morgan fingerprint density at radius 3 is 2.65 bits per heavy atom. The normalized spacial score (nSPS) is 13.0. The van der Waals surface area contributed by atoms with Gasteiger partial charge >= 0.3 is 0 Å². The molecule has 0 N–H and O–H groups in total. The lowest BCUT2D eigenvalue weighted by Crippen LogP contribution is -2.45. The second-order valence-electron chi connectivity index (χ2n) is 8.52. The number of carbonyl (C=O) groups is 2. The molecule has 1 aliphatic heterocycles. The summed E-state index contributed by atoms with van der Waals surface area (Å²) >= 11 is 1.62. The Hall–Kier alpha value is -2.58. The molecular weight excluding hydrogens is 452 g/mol. The Bertz CT molecular complexity index is 918. The van der Waals surface area contributed by atoms with E-state index in [9.17, 15) is 9.59 Å². The molecule has 2 amide bonds. The highest BCUT2D eigenvalue weighted by atomic mass is 32.1. The number of fused-ring (bicyclic) bond motifs is 1. The predicted molar refractivity (Wildman–Crippen MR) is 133 cm³/mol. The molecule has 0 spiro atoms. The number of nitrogens with zero attached hydrogens (tertiary/aromatic N) is 2. The fraction of sp³-hybridized carbons (Fsp3) is 0.538. The number of methoxy groups -OCH3 is 1. The SMILES string of the molecule is CCCC[C@H](CC)C(=O)N(CCOC)CC(=O)N(Cc1ccc2c(c1)OCO2)Cc1cccs1. The summed E-state index contributed by atoms with van der Waals surface area (Å²) in [6, 6.07) is 9.75. The van der Waals surface area contributed by atoms with Crippen LogP contribution in [-0.2, 0) is 27.4 Å². The van der Waals surface area contributed by atoms with E-state index in [1.807, 2.05) is 47.5 Å². The monoisotopic (exact) mass is 488 g/mol. The number of carbonyl (C=O) groups excluding carboxylic acids is 2. The van der Waals surface area contributed by atoms with Crippen LogP contribution in [0.15, 0.2) is 35.7 Å². The van der Waals surface area contributed by atoms with E-state index in [1.165, 1.54) is 0 Å². The Morgan fingerprint density at radius 2 is 1.94 bits per heavy atom. The van der Waals surface area contributed by atoms with Crippen LogP contribution in [0.1, 0.15) is 50.0 Å². The van der Waals surface area contributed by atoms with Gasteiger partial charge in [0.2, 0.25) is 18.6 Å². The first-order valence-electron chi connectivity index (χ1n) is 12.0. The van der Waals surface area contributed by atoms with Crippen molar-refractivity contribution in [2.75, 3.05) is 33.6 Å². The van der Waals surface area contributed by atoms with Gasteiger partial charge in [-0.2, -0.15) is 0 Å². The van der Waals surface area contributed by atoms with E-state index < -0.39 is 0 Å². The molecule has 1 aromatic heterocycles. The maximum Gasteiger partial charge on any atom is 0.242 e. The first-order chi connectivity index (χ1) is 16.5. The fourth-order valence-electron chi connectivity index (χ4n) is 4.03. The van der Waals surface area contributed by atoms with Gasteiger partial charge in [-0.1, -0.05) is 38.8 Å². The van der Waals surface area contributed by atoms with Gasteiger partial charge in [-0.3, -0.25) is 9.59 Å². The van der Waals surface area contributed by atoms with E-state index in [1.54, 1.807) is 23.3 Å². The molecule has 2 aromatic rings. The standard InChI is InChI=1S/C26H36N2O5S/c1-4-6-8-21(5-2)26(30)27(12-13-31-3)18-25(29)28(17-22-9-7-14-34-22)16-20-10-11-23-24(15-20)33-19-32-23/h7,9-11,14-15,21H,4-6,8,12-13,16-19H2,1-3H3/t21-/m0/s1. The van der Waals surface area contributed by atoms with Crippen LogP contribution in [0.5, 0.6) is 11.5 Å². The Labute approximate surface area is 206 Å². The van der Waals surface area contributed by atoms with Gasteiger partial charge in [0, 0.05) is 31.0 Å². The van der Waals surface area contributed by atoms with Gasteiger partial charge < -0.3 is 24.0 Å². The van der Waals surface area contributed by atoms with Crippen LogP contribution in [0.4, 0.5) is 0 Å². The van der Waals surface area contributed by atoms with Crippen molar-refractivity contribution in [2.45, 2.75) is 52.6 Å². The number of rotatable bonds is 14. The molecule has 186 valence electrons. The quantitative estimate of drug-likeness (QED) is 0.386. The van der Waals surface area contributed by atoms with E-state index in [-0.39, 0.29) is 31.1 Å². The second-order valence-corrected chi connectivity index (χ2v) is 9.55. The summed E-state index contributed by atoms with van der Waals surface area (Å²) in [5.41, 5.74) is 0.957. The second kappa shape index (κ2) is 13.3. The van der Waals surface area contributed by atoms with E-state index in [0.29, 0.717) is 37.7 Å². The number of unbranched alkanes of at least 4 members (excludes halogenated alkanes) is 1. The Balaban J connectivity index is 1.76. The minimum atomic E-state index is -0.0825. The smallest absolute Gasteiger partial charge is 0.242 e. The third-order valence-electron chi connectivity index (χ3n) is 6.04. The lowest BCUT2D eigenvalue weighted by Gasteiger charge is -2.30. The summed E-state index contributed by atoms with van der Waals surface area (Å²) < 4.78 is 16.2. The van der Waals surface area contributed by atoms with Crippen molar-refractivity contribution in [2.24, 2.45) is 5.92 Å². The van der Waals surface area contributed by atoms with E-state index >= 15 is 0 Å². The summed E-state index contributed by atoms with van der Waals surface area (Å²) in [6.45, 7) is 6.14. The predicted octanol–water partition coefficient (Wildman–Crippen LogP) is 4.70. The maximum absolute atomic E-state index is 13.6. The van der Waals surface area contributed by atoms with Crippen molar-refractivity contribution in [1.29, 1.82) is 0 Å². The van der Waals surface area contributed by atoms with Crippen molar-refractivity contribution in [3.05, 3.63) is 46.2 Å². The third-order valence-corrected chi connectivity index (χ3v) is 6.90. The number of thiophene rings is 1. The number of benzene rings is 1. The van der Waals surface area contributed by atoms with Gasteiger partial charge in [0.05, 0.1) is 19.7 Å². The van der Waals surface area contributed by atoms with Gasteiger partial charge in [-0.05, 0) is 42.0 Å². The van der Waals surface area contributed by atoms with Crippen molar-refractivity contribution in [1.82, 2.24) is 9.80 Å². The molecule has 1 aromatic carbocycles. The molecule has 0 radical (unpaired) electrons. The Kier molecular flexibility index (Phi) is 10.2. The van der Waals surface area contributed by atoms with Crippen LogP contribution >= 0.6 is 11.3 Å². The number of hydrogen-bond acceptors (Lipinski definition) is 6. The van der Waals surface area contributed by atoms with Gasteiger partial charge in [0.15, 0.2) is 11.5 Å². The van der Waals surface area contributed by atoms with Crippen LogP contribution in [0.2, 0.25) is 0 Å². The zero-order chi connectivity index (χ0) is 24.3. The van der Waals surface area contributed by atoms with Crippen LogP contribution in [0, 0.1) is 5.92 Å². The fourth-order valence-corrected chi connectivity index (χ4v) is 4.74. The van der Waals surface area contributed by atoms with Crippen LogP contribution in [0.3, 0.4) is 0 Å². The lowest BCUT2D eigenvalue weighted by atomic mass is 9.97. The molecule has 7 nitrogen and oxygen atoms in total. The molecule has 0 saturated heterocycles. The zero-order valence-electron chi connectivity index (χ0n) is 20.5. The molecule has 0 saturated carbocycles. The molecule has 2 heterocycles. The average molecular weight is 489 g/mol. The minimum Gasteiger partial charge on any atom is -0.454 e.